The fourth-order valence-corrected chi connectivity index (χ4v) is 5.79. The molecule has 0 unspecified atom stereocenters. The Morgan fingerprint density at radius 1 is 0.750 bits per heavy atom. The predicted octanol–water partition coefficient (Wildman–Crippen LogP) is 5.14. The normalized spacial score (nSPS) is 12.7. The van der Waals surface area contributed by atoms with Crippen LogP contribution in [0.1, 0.15) is 26.3 Å². The molecule has 4 aromatic rings. The Morgan fingerprint density at radius 3 is 2.22 bits per heavy atom. The second-order valence-electron chi connectivity index (χ2n) is 8.43. The van der Waals surface area contributed by atoms with Gasteiger partial charge in [-0.3, -0.25) is 9.10 Å². The number of nitrogens with zero attached hydrogens (tertiary/aromatic N) is 1. The molecule has 0 aliphatic carbocycles. The van der Waals surface area contributed by atoms with Crippen LogP contribution < -0.4 is 4.31 Å². The maximum atomic E-state index is 13.3. The van der Waals surface area contributed by atoms with Gasteiger partial charge in [0.05, 0.1) is 16.1 Å². The van der Waals surface area contributed by atoms with Crippen molar-refractivity contribution in [3.8, 4) is 11.1 Å². The van der Waals surface area contributed by atoms with Crippen molar-refractivity contribution in [1.82, 2.24) is 0 Å². The summed E-state index contributed by atoms with van der Waals surface area (Å²) in [5.41, 5.74) is 4.11. The number of benzene rings is 4. The Labute approximate surface area is 209 Å². The van der Waals surface area contributed by atoms with Gasteiger partial charge in [-0.2, -0.15) is 0 Å². The van der Waals surface area contributed by atoms with Crippen molar-refractivity contribution < 1.29 is 22.7 Å². The number of anilines is 1. The summed E-state index contributed by atoms with van der Waals surface area (Å²) in [4.78, 5) is 25.2. The number of ketones is 1. The molecule has 0 atom stereocenters. The van der Waals surface area contributed by atoms with E-state index < -0.39 is 22.6 Å². The number of para-hydroxylation sites is 1. The van der Waals surface area contributed by atoms with Gasteiger partial charge in [-0.25, -0.2) is 13.2 Å². The highest BCUT2D eigenvalue weighted by Crippen LogP contribution is 2.32. The minimum atomic E-state index is -3.85. The average molecular weight is 498 g/mol. The largest absolute Gasteiger partial charge is 0.454 e. The molecule has 0 aromatic heterocycles. The number of Topliss-reactive ketones (excluding diaryl/α,β-unsaturated/α-hetero) is 1. The second kappa shape index (κ2) is 9.79. The monoisotopic (exact) mass is 497 g/mol. The van der Waals surface area contributed by atoms with E-state index in [1.54, 1.807) is 24.3 Å². The summed E-state index contributed by atoms with van der Waals surface area (Å²) in [5, 5.41) is 0. The first-order chi connectivity index (χ1) is 17.4. The van der Waals surface area contributed by atoms with Crippen molar-refractivity contribution >= 4 is 27.5 Å². The van der Waals surface area contributed by atoms with E-state index in [9.17, 15) is 18.0 Å². The van der Waals surface area contributed by atoms with Crippen LogP contribution in [-0.2, 0) is 21.2 Å². The van der Waals surface area contributed by atoms with Gasteiger partial charge < -0.3 is 4.74 Å². The van der Waals surface area contributed by atoms with Crippen LogP contribution >= 0.6 is 0 Å². The van der Waals surface area contributed by atoms with Crippen molar-refractivity contribution in [2.45, 2.75) is 11.3 Å². The number of rotatable bonds is 7. The summed E-state index contributed by atoms with van der Waals surface area (Å²) >= 11 is 0. The van der Waals surface area contributed by atoms with Gasteiger partial charge in [0, 0.05) is 12.1 Å². The molecule has 0 fully saturated rings. The van der Waals surface area contributed by atoms with Gasteiger partial charge in [-0.1, -0.05) is 78.9 Å². The van der Waals surface area contributed by atoms with Crippen LogP contribution in [0, 0.1) is 0 Å². The second-order valence-corrected chi connectivity index (χ2v) is 10.3. The van der Waals surface area contributed by atoms with Crippen molar-refractivity contribution in [1.29, 1.82) is 0 Å². The van der Waals surface area contributed by atoms with Gasteiger partial charge in [-0.05, 0) is 47.4 Å². The third kappa shape index (κ3) is 4.65. The zero-order chi connectivity index (χ0) is 25.1. The number of fused-ring (bicyclic) bond motifs is 1. The number of esters is 1. The Bertz CT molecular complexity index is 1530. The zero-order valence-electron chi connectivity index (χ0n) is 19.3. The Hall–Kier alpha value is -4.23. The molecule has 1 heterocycles. The van der Waals surface area contributed by atoms with Gasteiger partial charge in [0.1, 0.15) is 0 Å². The smallest absolute Gasteiger partial charge is 0.338 e. The van der Waals surface area contributed by atoms with Crippen LogP contribution in [0.15, 0.2) is 108 Å². The number of carbonyl (C=O) groups is 2. The maximum Gasteiger partial charge on any atom is 0.338 e. The standard InChI is InChI=1S/C29H23NO5S/c31-28(24-15-13-22(14-16-24)21-7-2-1-3-8-21)20-35-29(32)25-10-6-11-26(19-25)36(33,34)30-18-17-23-9-4-5-12-27(23)30/h1-16,19H,17-18,20H2. The van der Waals surface area contributed by atoms with E-state index in [2.05, 4.69) is 0 Å². The Kier molecular flexibility index (Phi) is 6.40. The van der Waals surface area contributed by atoms with E-state index in [1.807, 2.05) is 54.6 Å². The predicted molar refractivity (Wildman–Crippen MR) is 138 cm³/mol. The third-order valence-corrected chi connectivity index (χ3v) is 7.96. The molecule has 0 saturated carbocycles. The molecule has 0 saturated heterocycles. The lowest BCUT2D eigenvalue weighted by Crippen LogP contribution is -2.29. The molecule has 0 spiro atoms. The van der Waals surface area contributed by atoms with Crippen molar-refractivity contribution in [2.24, 2.45) is 0 Å². The summed E-state index contributed by atoms with van der Waals surface area (Å²) in [5.74, 6) is -1.11. The molecule has 0 N–H and O–H groups in total. The first-order valence-electron chi connectivity index (χ1n) is 11.5. The lowest BCUT2D eigenvalue weighted by molar-refractivity contribution is 0.0474. The van der Waals surface area contributed by atoms with Gasteiger partial charge in [-0.15, -0.1) is 0 Å². The summed E-state index contributed by atoms with van der Waals surface area (Å²) in [7, 11) is -3.85. The van der Waals surface area contributed by atoms with E-state index in [-0.39, 0.29) is 16.2 Å². The van der Waals surface area contributed by atoms with E-state index in [0.29, 0.717) is 24.2 Å². The van der Waals surface area contributed by atoms with E-state index in [4.69, 9.17) is 4.74 Å². The highest BCUT2D eigenvalue weighted by atomic mass is 32.2. The number of sulfonamides is 1. The minimum Gasteiger partial charge on any atom is -0.454 e. The molecular weight excluding hydrogens is 474 g/mol. The lowest BCUT2D eigenvalue weighted by Gasteiger charge is -2.19. The lowest BCUT2D eigenvalue weighted by atomic mass is 10.0. The molecule has 0 bridgehead atoms. The van der Waals surface area contributed by atoms with Crippen molar-refractivity contribution in [3.63, 3.8) is 0 Å². The summed E-state index contributed by atoms with van der Waals surface area (Å²) in [6.45, 7) is -0.103. The molecule has 5 rings (SSSR count). The summed E-state index contributed by atoms with van der Waals surface area (Å²) in [6, 6.07) is 29.9. The Morgan fingerprint density at radius 2 is 1.44 bits per heavy atom. The number of hydrogen-bond donors (Lipinski definition) is 0. The number of ether oxygens (including phenoxy) is 1. The maximum absolute atomic E-state index is 13.3. The Balaban J connectivity index is 1.26. The van der Waals surface area contributed by atoms with E-state index >= 15 is 0 Å². The molecule has 1 aliphatic rings. The number of carbonyl (C=O) groups excluding carboxylic acids is 2. The fourth-order valence-electron chi connectivity index (χ4n) is 4.25. The highest BCUT2D eigenvalue weighted by molar-refractivity contribution is 7.92. The molecule has 6 nitrogen and oxygen atoms in total. The van der Waals surface area contributed by atoms with Gasteiger partial charge >= 0.3 is 5.97 Å². The van der Waals surface area contributed by atoms with Gasteiger partial charge in [0.25, 0.3) is 10.0 Å². The third-order valence-electron chi connectivity index (χ3n) is 6.15. The average Bonchev–Trinajstić information content (AvgIpc) is 3.37. The molecule has 4 aromatic carbocycles. The first kappa shape index (κ1) is 23.5. The minimum absolute atomic E-state index is 0.00326. The summed E-state index contributed by atoms with van der Waals surface area (Å²) in [6.07, 6.45) is 0.631. The SMILES string of the molecule is O=C(COC(=O)c1cccc(S(=O)(=O)N2CCc3ccccc32)c1)c1ccc(-c2ccccc2)cc1. The number of hydrogen-bond acceptors (Lipinski definition) is 5. The first-order valence-corrected chi connectivity index (χ1v) is 12.9. The molecular formula is C29H23NO5S. The van der Waals surface area contributed by atoms with Crippen LogP contribution in [-0.4, -0.2) is 33.3 Å². The molecule has 0 amide bonds. The molecule has 1 aliphatic heterocycles. The van der Waals surface area contributed by atoms with Crippen molar-refractivity contribution in [3.05, 3.63) is 120 Å². The molecule has 7 heteroatoms. The van der Waals surface area contributed by atoms with Crippen LogP contribution in [0.5, 0.6) is 0 Å². The highest BCUT2D eigenvalue weighted by Gasteiger charge is 2.31. The topological polar surface area (TPSA) is 80.8 Å². The molecule has 180 valence electrons. The molecule has 0 radical (unpaired) electrons. The van der Waals surface area contributed by atoms with Gasteiger partial charge in [0.2, 0.25) is 0 Å². The van der Waals surface area contributed by atoms with Crippen LogP contribution in [0.4, 0.5) is 5.69 Å². The quantitative estimate of drug-likeness (QED) is 0.261. The summed E-state index contributed by atoms with van der Waals surface area (Å²) < 4.78 is 33.1. The van der Waals surface area contributed by atoms with Crippen molar-refractivity contribution in [2.75, 3.05) is 17.5 Å². The molecule has 36 heavy (non-hydrogen) atoms. The van der Waals surface area contributed by atoms with E-state index in [1.165, 1.54) is 28.6 Å². The van der Waals surface area contributed by atoms with E-state index in [0.717, 1.165) is 16.7 Å². The zero-order valence-corrected chi connectivity index (χ0v) is 20.1. The van der Waals surface area contributed by atoms with Crippen LogP contribution in [0.2, 0.25) is 0 Å². The van der Waals surface area contributed by atoms with Gasteiger partial charge in [0.15, 0.2) is 12.4 Å². The van der Waals surface area contributed by atoms with Crippen LogP contribution in [0.25, 0.3) is 11.1 Å². The fraction of sp³-hybridized carbons (Fsp3) is 0.103. The van der Waals surface area contributed by atoms with Crippen LogP contribution in [0.3, 0.4) is 0 Å².